The molecule has 7 heteroatoms. The minimum Gasteiger partial charge on any atom is -0.495 e. The number of amides is 1. The molecule has 0 radical (unpaired) electrons. The van der Waals surface area contributed by atoms with E-state index in [1.165, 1.54) is 32.2 Å². The molecule has 0 aliphatic heterocycles. The van der Waals surface area contributed by atoms with Gasteiger partial charge in [0.15, 0.2) is 0 Å². The van der Waals surface area contributed by atoms with Crippen LogP contribution in [0, 0.1) is 0 Å². The van der Waals surface area contributed by atoms with Crippen LogP contribution >= 0.6 is 0 Å². The molecule has 0 aromatic heterocycles. The van der Waals surface area contributed by atoms with Crippen molar-refractivity contribution >= 4 is 21.6 Å². The topological polar surface area (TPSA) is 84.5 Å². The Labute approximate surface area is 153 Å². The van der Waals surface area contributed by atoms with Crippen LogP contribution in [0.1, 0.15) is 25.3 Å². The summed E-state index contributed by atoms with van der Waals surface area (Å²) in [5.41, 5.74) is 1.35. The summed E-state index contributed by atoms with van der Waals surface area (Å²) in [5.74, 6) is 0.105. The molecular weight excluding hydrogens is 352 g/mol. The van der Waals surface area contributed by atoms with Gasteiger partial charge in [-0.2, -0.15) is 0 Å². The first kappa shape index (κ1) is 18.4. The molecule has 26 heavy (non-hydrogen) atoms. The predicted octanol–water partition coefficient (Wildman–Crippen LogP) is 2.66. The van der Waals surface area contributed by atoms with Crippen molar-refractivity contribution < 1.29 is 17.9 Å². The second-order valence-corrected chi connectivity index (χ2v) is 8.28. The van der Waals surface area contributed by atoms with Crippen molar-refractivity contribution in [3.63, 3.8) is 0 Å². The molecule has 2 aromatic carbocycles. The van der Waals surface area contributed by atoms with E-state index < -0.39 is 10.0 Å². The average Bonchev–Trinajstić information content (AvgIpc) is 3.42. The number of carbonyl (C=O) groups excluding carboxylic acids is 1. The third kappa shape index (κ3) is 3.89. The van der Waals surface area contributed by atoms with Gasteiger partial charge in [0.1, 0.15) is 5.75 Å². The summed E-state index contributed by atoms with van der Waals surface area (Å²) >= 11 is 0. The summed E-state index contributed by atoms with van der Waals surface area (Å²) in [6.07, 6.45) is 1.92. The molecule has 0 unspecified atom stereocenters. The van der Waals surface area contributed by atoms with E-state index in [2.05, 4.69) is 10.0 Å². The highest BCUT2D eigenvalue weighted by Gasteiger charge is 2.44. The number of benzene rings is 2. The highest BCUT2D eigenvalue weighted by Crippen LogP contribution is 2.47. The van der Waals surface area contributed by atoms with Gasteiger partial charge in [-0.15, -0.1) is 0 Å². The van der Waals surface area contributed by atoms with Gasteiger partial charge in [-0.05, 0) is 36.6 Å². The Morgan fingerprint density at radius 3 is 2.42 bits per heavy atom. The fourth-order valence-electron chi connectivity index (χ4n) is 2.97. The molecule has 0 spiro atoms. The van der Waals surface area contributed by atoms with Gasteiger partial charge in [0.05, 0.1) is 17.7 Å². The van der Waals surface area contributed by atoms with Crippen molar-refractivity contribution in [3.05, 3.63) is 54.1 Å². The van der Waals surface area contributed by atoms with Crippen LogP contribution in [0.2, 0.25) is 0 Å². The zero-order valence-electron chi connectivity index (χ0n) is 14.8. The molecule has 1 fully saturated rings. The van der Waals surface area contributed by atoms with E-state index in [1.54, 1.807) is 0 Å². The second kappa shape index (κ2) is 7.09. The highest BCUT2D eigenvalue weighted by molar-refractivity contribution is 7.89. The smallest absolute Gasteiger partial charge is 0.240 e. The third-order valence-electron chi connectivity index (χ3n) is 4.63. The van der Waals surface area contributed by atoms with Crippen molar-refractivity contribution in [1.29, 1.82) is 0 Å². The van der Waals surface area contributed by atoms with E-state index in [-0.39, 0.29) is 16.2 Å². The van der Waals surface area contributed by atoms with Crippen LogP contribution in [0.4, 0.5) is 5.69 Å². The quantitative estimate of drug-likeness (QED) is 0.780. The maximum atomic E-state index is 12.7. The maximum absolute atomic E-state index is 12.7. The molecule has 138 valence electrons. The lowest BCUT2D eigenvalue weighted by molar-refractivity contribution is -0.114. The Balaban J connectivity index is 1.79. The number of methoxy groups -OCH3 is 1. The van der Waals surface area contributed by atoms with Gasteiger partial charge >= 0.3 is 0 Å². The van der Waals surface area contributed by atoms with Crippen molar-refractivity contribution in [3.8, 4) is 5.75 Å². The van der Waals surface area contributed by atoms with E-state index >= 15 is 0 Å². The van der Waals surface area contributed by atoms with Gasteiger partial charge in [-0.25, -0.2) is 13.1 Å². The number of hydrogen-bond donors (Lipinski definition) is 2. The molecule has 0 bridgehead atoms. The average molecular weight is 374 g/mol. The van der Waals surface area contributed by atoms with E-state index in [0.29, 0.717) is 18.0 Å². The molecule has 0 atom stereocenters. The molecular formula is C19H22N2O4S. The van der Waals surface area contributed by atoms with E-state index in [9.17, 15) is 13.2 Å². The summed E-state index contributed by atoms with van der Waals surface area (Å²) in [7, 11) is -2.24. The van der Waals surface area contributed by atoms with Gasteiger partial charge < -0.3 is 10.1 Å². The Bertz CT molecular complexity index is 906. The van der Waals surface area contributed by atoms with E-state index in [4.69, 9.17) is 4.74 Å². The molecule has 6 nitrogen and oxygen atoms in total. The summed E-state index contributed by atoms with van der Waals surface area (Å²) < 4.78 is 33.3. The number of anilines is 1. The fraction of sp³-hybridized carbons (Fsp3) is 0.316. The Morgan fingerprint density at radius 2 is 1.85 bits per heavy atom. The summed E-state index contributed by atoms with van der Waals surface area (Å²) in [5, 5.41) is 2.59. The minimum atomic E-state index is -3.70. The van der Waals surface area contributed by atoms with Crippen molar-refractivity contribution in [1.82, 2.24) is 4.72 Å². The molecule has 3 rings (SSSR count). The van der Waals surface area contributed by atoms with Crippen LogP contribution in [-0.4, -0.2) is 28.0 Å². The molecule has 0 heterocycles. The molecule has 1 saturated carbocycles. The normalized spacial score (nSPS) is 15.3. The zero-order valence-corrected chi connectivity index (χ0v) is 15.6. The molecule has 2 aromatic rings. The lowest BCUT2D eigenvalue weighted by atomic mass is 9.96. The summed E-state index contributed by atoms with van der Waals surface area (Å²) in [4.78, 5) is 11.4. The van der Waals surface area contributed by atoms with Crippen molar-refractivity contribution in [2.45, 2.75) is 30.1 Å². The van der Waals surface area contributed by atoms with Crippen LogP contribution in [0.15, 0.2) is 53.4 Å². The Hall–Kier alpha value is -2.38. The summed E-state index contributed by atoms with van der Waals surface area (Å²) in [6, 6.07) is 14.3. The monoisotopic (exact) mass is 374 g/mol. The number of ether oxygens (including phenoxy) is 1. The van der Waals surface area contributed by atoms with Crippen LogP contribution < -0.4 is 14.8 Å². The SMILES string of the molecule is COc1ccc(S(=O)(=O)NCC2(c3ccccc3)CC2)cc1NC(C)=O. The number of hydrogen-bond acceptors (Lipinski definition) is 4. The minimum absolute atomic E-state index is 0.0888. The first-order chi connectivity index (χ1) is 12.4. The van der Waals surface area contributed by atoms with Crippen LogP contribution in [0.3, 0.4) is 0 Å². The summed E-state index contributed by atoms with van der Waals surface area (Å²) in [6.45, 7) is 1.70. The van der Waals surface area contributed by atoms with E-state index in [0.717, 1.165) is 18.4 Å². The number of sulfonamides is 1. The van der Waals surface area contributed by atoms with Crippen LogP contribution in [0.25, 0.3) is 0 Å². The number of rotatable bonds is 7. The lowest BCUT2D eigenvalue weighted by Crippen LogP contribution is -2.32. The first-order valence-electron chi connectivity index (χ1n) is 8.37. The zero-order chi connectivity index (χ0) is 18.8. The standard InChI is InChI=1S/C19H22N2O4S/c1-14(22)21-17-12-16(8-9-18(17)25-2)26(23,24)20-13-19(10-11-19)15-6-4-3-5-7-15/h3-9,12,20H,10-11,13H2,1-2H3,(H,21,22). The number of carbonyl (C=O) groups is 1. The molecule has 2 N–H and O–H groups in total. The largest absolute Gasteiger partial charge is 0.495 e. The van der Waals surface area contributed by atoms with E-state index in [1.807, 2.05) is 30.3 Å². The van der Waals surface area contributed by atoms with Crippen LogP contribution in [0.5, 0.6) is 5.75 Å². The first-order valence-corrected chi connectivity index (χ1v) is 9.85. The Morgan fingerprint density at radius 1 is 1.15 bits per heavy atom. The molecule has 0 saturated heterocycles. The highest BCUT2D eigenvalue weighted by atomic mass is 32.2. The van der Waals surface area contributed by atoms with Crippen molar-refractivity contribution in [2.75, 3.05) is 19.0 Å². The molecule has 1 aliphatic rings. The van der Waals surface area contributed by atoms with Crippen LogP contribution in [-0.2, 0) is 20.2 Å². The molecule has 1 aliphatic carbocycles. The number of nitrogens with one attached hydrogen (secondary N) is 2. The fourth-order valence-corrected chi connectivity index (χ4v) is 4.12. The van der Waals surface area contributed by atoms with Gasteiger partial charge in [0.25, 0.3) is 0 Å². The van der Waals surface area contributed by atoms with Gasteiger partial charge in [0, 0.05) is 18.9 Å². The second-order valence-electron chi connectivity index (χ2n) is 6.51. The molecule has 1 amide bonds. The predicted molar refractivity (Wildman–Crippen MR) is 99.8 cm³/mol. The van der Waals surface area contributed by atoms with Gasteiger partial charge in [-0.3, -0.25) is 4.79 Å². The van der Waals surface area contributed by atoms with Crippen molar-refractivity contribution in [2.24, 2.45) is 0 Å². The maximum Gasteiger partial charge on any atom is 0.240 e. The third-order valence-corrected chi connectivity index (χ3v) is 6.03. The Kier molecular flexibility index (Phi) is 5.02. The van der Waals surface area contributed by atoms with Gasteiger partial charge in [0.2, 0.25) is 15.9 Å². The van der Waals surface area contributed by atoms with Gasteiger partial charge in [-0.1, -0.05) is 30.3 Å². The lowest BCUT2D eigenvalue weighted by Gasteiger charge is -2.17.